The molecule has 2 saturated heterocycles. The van der Waals surface area contributed by atoms with E-state index >= 15 is 0 Å². The van der Waals surface area contributed by atoms with Crippen molar-refractivity contribution in [1.29, 1.82) is 0 Å². The van der Waals surface area contributed by atoms with Crippen molar-refractivity contribution in [2.45, 2.75) is 37.3 Å². The van der Waals surface area contributed by atoms with E-state index in [1.807, 2.05) is 11.8 Å². The van der Waals surface area contributed by atoms with Crippen LogP contribution in [0.2, 0.25) is 0 Å². The van der Waals surface area contributed by atoms with Crippen LogP contribution in [0.5, 0.6) is 0 Å². The number of halogens is 2. The quantitative estimate of drug-likeness (QED) is 0.905. The van der Waals surface area contributed by atoms with Crippen molar-refractivity contribution in [2.75, 3.05) is 18.1 Å². The maximum Gasteiger partial charge on any atom is 0.163 e. The summed E-state index contributed by atoms with van der Waals surface area (Å²) in [6.07, 6.45) is 3.73. The highest BCUT2D eigenvalue weighted by molar-refractivity contribution is 7.99. The molecule has 2 heterocycles. The molecule has 1 aromatic rings. The van der Waals surface area contributed by atoms with Crippen molar-refractivity contribution in [3.05, 3.63) is 35.4 Å². The van der Waals surface area contributed by atoms with Gasteiger partial charge in [-0.1, -0.05) is 12.1 Å². The SMILES string of the molecule is NC(c1cccc(F)c1F)C1CCOC2(CCSCC2)C1. The molecule has 2 aliphatic heterocycles. The highest BCUT2D eigenvalue weighted by Gasteiger charge is 2.41. The first kappa shape index (κ1) is 15.3. The minimum Gasteiger partial charge on any atom is -0.375 e. The fourth-order valence-corrected chi connectivity index (χ4v) is 4.73. The summed E-state index contributed by atoms with van der Waals surface area (Å²) in [5.41, 5.74) is 6.47. The van der Waals surface area contributed by atoms with Gasteiger partial charge in [0.1, 0.15) is 0 Å². The maximum absolute atomic E-state index is 14.0. The third-order valence-corrected chi connectivity index (χ3v) is 5.77. The molecule has 0 bridgehead atoms. The fourth-order valence-electron chi connectivity index (χ4n) is 3.50. The van der Waals surface area contributed by atoms with Crippen LogP contribution in [0.3, 0.4) is 0 Å². The van der Waals surface area contributed by atoms with Gasteiger partial charge in [0, 0.05) is 18.2 Å². The van der Waals surface area contributed by atoms with Crippen molar-refractivity contribution in [1.82, 2.24) is 0 Å². The average molecular weight is 313 g/mol. The molecule has 0 radical (unpaired) electrons. The summed E-state index contributed by atoms with van der Waals surface area (Å²) >= 11 is 1.95. The second-order valence-electron chi connectivity index (χ2n) is 6.07. The molecule has 0 aromatic heterocycles. The fraction of sp³-hybridized carbons (Fsp3) is 0.625. The Labute approximate surface area is 128 Å². The lowest BCUT2D eigenvalue weighted by Crippen LogP contribution is -2.45. The molecule has 1 aromatic carbocycles. The van der Waals surface area contributed by atoms with Crippen LogP contribution in [0.15, 0.2) is 18.2 Å². The number of hydrogen-bond donors (Lipinski definition) is 1. The number of ether oxygens (including phenoxy) is 1. The molecular formula is C16H21F2NOS. The molecule has 0 aliphatic carbocycles. The lowest BCUT2D eigenvalue weighted by atomic mass is 9.77. The van der Waals surface area contributed by atoms with E-state index in [2.05, 4.69) is 0 Å². The Bertz CT molecular complexity index is 500. The Morgan fingerprint density at radius 2 is 2.05 bits per heavy atom. The lowest BCUT2D eigenvalue weighted by molar-refractivity contribution is -0.106. The van der Waals surface area contributed by atoms with E-state index in [9.17, 15) is 8.78 Å². The summed E-state index contributed by atoms with van der Waals surface area (Å²) in [6, 6.07) is 3.80. The maximum atomic E-state index is 14.0. The van der Waals surface area contributed by atoms with E-state index in [1.165, 1.54) is 6.07 Å². The van der Waals surface area contributed by atoms with Crippen molar-refractivity contribution in [3.63, 3.8) is 0 Å². The van der Waals surface area contributed by atoms with Crippen LogP contribution < -0.4 is 5.73 Å². The van der Waals surface area contributed by atoms with Gasteiger partial charge in [-0.05, 0) is 49.2 Å². The Hall–Kier alpha value is -0.650. The van der Waals surface area contributed by atoms with Gasteiger partial charge in [0.25, 0.3) is 0 Å². The van der Waals surface area contributed by atoms with Crippen LogP contribution in [-0.4, -0.2) is 23.7 Å². The number of nitrogens with two attached hydrogens (primary N) is 1. The Morgan fingerprint density at radius 3 is 2.81 bits per heavy atom. The second-order valence-corrected chi connectivity index (χ2v) is 7.29. The minimum atomic E-state index is -0.821. The third-order valence-electron chi connectivity index (χ3n) is 4.78. The van der Waals surface area contributed by atoms with Gasteiger partial charge in [-0.2, -0.15) is 11.8 Å². The Balaban J connectivity index is 1.78. The summed E-state index contributed by atoms with van der Waals surface area (Å²) in [4.78, 5) is 0. The molecule has 2 atom stereocenters. The van der Waals surface area contributed by atoms with Gasteiger partial charge >= 0.3 is 0 Å². The summed E-state index contributed by atoms with van der Waals surface area (Å²) < 4.78 is 33.4. The molecule has 116 valence electrons. The average Bonchev–Trinajstić information content (AvgIpc) is 2.50. The first-order valence-electron chi connectivity index (χ1n) is 7.52. The zero-order valence-electron chi connectivity index (χ0n) is 12.0. The molecule has 0 saturated carbocycles. The molecule has 21 heavy (non-hydrogen) atoms. The van der Waals surface area contributed by atoms with Gasteiger partial charge in [0.15, 0.2) is 11.6 Å². The predicted octanol–water partition coefficient (Wildman–Crippen LogP) is 3.66. The summed E-state index contributed by atoms with van der Waals surface area (Å²) in [5, 5.41) is 0. The monoisotopic (exact) mass is 313 g/mol. The zero-order chi connectivity index (χ0) is 14.9. The van der Waals surface area contributed by atoms with E-state index in [0.717, 1.165) is 43.3 Å². The topological polar surface area (TPSA) is 35.2 Å². The summed E-state index contributed by atoms with van der Waals surface area (Å²) in [6.45, 7) is 0.667. The molecular weight excluding hydrogens is 292 g/mol. The smallest absolute Gasteiger partial charge is 0.163 e. The van der Waals surface area contributed by atoms with Gasteiger partial charge in [0.05, 0.1) is 5.60 Å². The van der Waals surface area contributed by atoms with Crippen molar-refractivity contribution in [3.8, 4) is 0 Å². The van der Waals surface area contributed by atoms with E-state index in [1.54, 1.807) is 6.07 Å². The molecule has 2 aliphatic rings. The summed E-state index contributed by atoms with van der Waals surface area (Å²) in [7, 11) is 0. The van der Waals surface area contributed by atoms with Crippen LogP contribution in [-0.2, 0) is 4.74 Å². The standard InChI is InChI=1S/C16H21F2NOS/c17-13-3-1-2-12(14(13)18)15(19)11-4-7-20-16(10-11)5-8-21-9-6-16/h1-3,11,15H,4-10,19H2. The number of hydrogen-bond acceptors (Lipinski definition) is 3. The molecule has 2 N–H and O–H groups in total. The van der Waals surface area contributed by atoms with Gasteiger partial charge in [0.2, 0.25) is 0 Å². The molecule has 1 spiro atoms. The number of thioether (sulfide) groups is 1. The van der Waals surface area contributed by atoms with Crippen molar-refractivity contribution >= 4 is 11.8 Å². The lowest BCUT2D eigenvalue weighted by Gasteiger charge is -2.44. The van der Waals surface area contributed by atoms with Crippen molar-refractivity contribution in [2.24, 2.45) is 11.7 Å². The molecule has 5 heteroatoms. The molecule has 2 fully saturated rings. The minimum absolute atomic E-state index is 0.0877. The van der Waals surface area contributed by atoms with Gasteiger partial charge in [-0.25, -0.2) is 8.78 Å². The Morgan fingerprint density at radius 1 is 1.29 bits per heavy atom. The van der Waals surface area contributed by atoms with Crippen molar-refractivity contribution < 1.29 is 13.5 Å². The first-order chi connectivity index (χ1) is 10.1. The highest BCUT2D eigenvalue weighted by atomic mass is 32.2. The van der Waals surface area contributed by atoms with Crippen LogP contribution in [0.1, 0.15) is 37.3 Å². The molecule has 2 unspecified atom stereocenters. The third kappa shape index (κ3) is 3.10. The largest absolute Gasteiger partial charge is 0.375 e. The van der Waals surface area contributed by atoms with E-state index in [-0.39, 0.29) is 11.5 Å². The predicted molar refractivity (Wildman–Crippen MR) is 81.3 cm³/mol. The van der Waals surface area contributed by atoms with E-state index in [0.29, 0.717) is 12.2 Å². The first-order valence-corrected chi connectivity index (χ1v) is 8.68. The Kier molecular flexibility index (Phi) is 4.52. The van der Waals surface area contributed by atoms with Crippen LogP contribution in [0.25, 0.3) is 0 Å². The normalized spacial score (nSPS) is 26.7. The molecule has 0 amide bonds. The number of benzene rings is 1. The molecule has 3 rings (SSSR count). The zero-order valence-corrected chi connectivity index (χ0v) is 12.8. The second kappa shape index (κ2) is 6.23. The van der Waals surface area contributed by atoms with Crippen LogP contribution >= 0.6 is 11.8 Å². The highest BCUT2D eigenvalue weighted by Crippen LogP contribution is 2.43. The van der Waals surface area contributed by atoms with E-state index < -0.39 is 17.7 Å². The van der Waals surface area contributed by atoms with Gasteiger partial charge < -0.3 is 10.5 Å². The van der Waals surface area contributed by atoms with E-state index in [4.69, 9.17) is 10.5 Å². The summed E-state index contributed by atoms with van der Waals surface area (Å²) in [5.74, 6) is 0.744. The van der Waals surface area contributed by atoms with Gasteiger partial charge in [-0.3, -0.25) is 0 Å². The van der Waals surface area contributed by atoms with Crippen LogP contribution in [0.4, 0.5) is 8.78 Å². The number of rotatable bonds is 2. The molecule has 2 nitrogen and oxygen atoms in total. The van der Waals surface area contributed by atoms with Crippen LogP contribution in [0, 0.1) is 17.6 Å². The van der Waals surface area contributed by atoms with Gasteiger partial charge in [-0.15, -0.1) is 0 Å².